The first-order valence-corrected chi connectivity index (χ1v) is 8.24. The van der Waals surface area contributed by atoms with Crippen LogP contribution in [0.15, 0.2) is 0 Å². The van der Waals surface area contributed by atoms with E-state index in [1.54, 1.807) is 0 Å². The van der Waals surface area contributed by atoms with Crippen LogP contribution in [0.2, 0.25) is 0 Å². The lowest BCUT2D eigenvalue weighted by atomic mass is 9.86. The summed E-state index contributed by atoms with van der Waals surface area (Å²) in [5.41, 5.74) is 0. The van der Waals surface area contributed by atoms with E-state index in [1.165, 1.54) is 0 Å². The van der Waals surface area contributed by atoms with Gasteiger partial charge in [0.2, 0.25) is 5.91 Å². The van der Waals surface area contributed by atoms with Crippen LogP contribution in [0.4, 0.5) is 13.2 Å². The molecular formula is C16H26F3NO2. The van der Waals surface area contributed by atoms with Crippen molar-refractivity contribution in [1.29, 1.82) is 0 Å². The maximum Gasteiger partial charge on any atom is 0.406 e. The number of amides is 1. The average Bonchev–Trinajstić information content (AvgIpc) is 2.34. The highest BCUT2D eigenvalue weighted by molar-refractivity contribution is 5.77. The molecule has 1 saturated heterocycles. The SMILES string of the molecule is CC(C)[C@H]1C[C@@H](CC(=O)N(CC(F)(F)F)C2CCC2)CCO1. The molecule has 0 aromatic carbocycles. The van der Waals surface area contributed by atoms with Crippen LogP contribution in [0.25, 0.3) is 0 Å². The van der Waals surface area contributed by atoms with Crippen LogP contribution < -0.4 is 0 Å². The van der Waals surface area contributed by atoms with Crippen molar-refractivity contribution in [1.82, 2.24) is 4.90 Å². The smallest absolute Gasteiger partial charge is 0.378 e. The van der Waals surface area contributed by atoms with Gasteiger partial charge in [-0.1, -0.05) is 13.8 Å². The molecule has 3 nitrogen and oxygen atoms in total. The number of nitrogens with zero attached hydrogens (tertiary/aromatic N) is 1. The van der Waals surface area contributed by atoms with E-state index in [2.05, 4.69) is 13.8 Å². The van der Waals surface area contributed by atoms with Gasteiger partial charge in [0.25, 0.3) is 0 Å². The van der Waals surface area contributed by atoms with Crippen molar-refractivity contribution in [2.75, 3.05) is 13.2 Å². The summed E-state index contributed by atoms with van der Waals surface area (Å²) in [6.45, 7) is 3.63. The minimum absolute atomic E-state index is 0.117. The number of alkyl halides is 3. The van der Waals surface area contributed by atoms with Gasteiger partial charge in [0.1, 0.15) is 6.54 Å². The third-order valence-corrected chi connectivity index (χ3v) is 4.82. The minimum Gasteiger partial charge on any atom is -0.378 e. The molecule has 1 heterocycles. The molecule has 2 atom stereocenters. The normalized spacial score (nSPS) is 26.8. The van der Waals surface area contributed by atoms with Gasteiger partial charge in [-0.05, 0) is 43.9 Å². The molecule has 2 aliphatic rings. The topological polar surface area (TPSA) is 29.5 Å². The predicted molar refractivity (Wildman–Crippen MR) is 77.3 cm³/mol. The summed E-state index contributed by atoms with van der Waals surface area (Å²) < 4.78 is 43.8. The van der Waals surface area contributed by atoms with Crippen molar-refractivity contribution in [3.8, 4) is 0 Å². The Kier molecular flexibility index (Phi) is 5.75. The molecule has 128 valence electrons. The minimum atomic E-state index is -4.32. The zero-order valence-electron chi connectivity index (χ0n) is 13.4. The Bertz CT molecular complexity index is 380. The number of carbonyl (C=O) groups excluding carboxylic acids is 1. The van der Waals surface area contributed by atoms with Crippen molar-refractivity contribution < 1.29 is 22.7 Å². The first-order chi connectivity index (χ1) is 10.3. The van der Waals surface area contributed by atoms with Gasteiger partial charge in [0, 0.05) is 19.1 Å². The van der Waals surface area contributed by atoms with Crippen LogP contribution in [0, 0.1) is 11.8 Å². The van der Waals surface area contributed by atoms with E-state index in [9.17, 15) is 18.0 Å². The van der Waals surface area contributed by atoms with Gasteiger partial charge in [-0.3, -0.25) is 4.79 Å². The summed E-state index contributed by atoms with van der Waals surface area (Å²) >= 11 is 0. The molecule has 0 aromatic heterocycles. The molecule has 0 bridgehead atoms. The number of carbonyl (C=O) groups is 1. The van der Waals surface area contributed by atoms with Gasteiger partial charge in [0.05, 0.1) is 6.10 Å². The summed E-state index contributed by atoms with van der Waals surface area (Å²) in [6.07, 6.45) is -0.132. The van der Waals surface area contributed by atoms with Gasteiger partial charge in [-0.2, -0.15) is 13.2 Å². The number of ether oxygens (including phenoxy) is 1. The molecule has 0 spiro atoms. The summed E-state index contributed by atoms with van der Waals surface area (Å²) in [4.78, 5) is 13.5. The van der Waals surface area contributed by atoms with E-state index < -0.39 is 12.7 Å². The molecule has 1 amide bonds. The number of hydrogen-bond donors (Lipinski definition) is 0. The first kappa shape index (κ1) is 17.6. The van der Waals surface area contributed by atoms with E-state index in [0.29, 0.717) is 25.4 Å². The summed E-state index contributed by atoms with van der Waals surface area (Å²) in [5, 5.41) is 0. The maximum atomic E-state index is 12.7. The Morgan fingerprint density at radius 2 is 1.95 bits per heavy atom. The Morgan fingerprint density at radius 3 is 2.45 bits per heavy atom. The van der Waals surface area contributed by atoms with E-state index in [0.717, 1.165) is 24.2 Å². The van der Waals surface area contributed by atoms with Gasteiger partial charge in [-0.25, -0.2) is 0 Å². The third kappa shape index (κ3) is 4.86. The van der Waals surface area contributed by atoms with Crippen LogP contribution >= 0.6 is 0 Å². The highest BCUT2D eigenvalue weighted by Crippen LogP contribution is 2.32. The Balaban J connectivity index is 1.92. The standard InChI is InChI=1S/C16H26F3NO2/c1-11(2)14-8-12(6-7-22-14)9-15(21)20(10-16(17,18)19)13-4-3-5-13/h11-14H,3-10H2,1-2H3/t12-,14+/m0/s1. The van der Waals surface area contributed by atoms with Crippen LogP contribution in [0.3, 0.4) is 0 Å². The Labute approximate surface area is 130 Å². The molecule has 2 fully saturated rings. The van der Waals surface area contributed by atoms with Crippen molar-refractivity contribution >= 4 is 5.91 Å². The van der Waals surface area contributed by atoms with Crippen molar-refractivity contribution in [2.45, 2.75) is 70.7 Å². The average molecular weight is 321 g/mol. The lowest BCUT2D eigenvalue weighted by molar-refractivity contribution is -0.170. The predicted octanol–water partition coefficient (Wildman–Crippen LogP) is 3.77. The second kappa shape index (κ2) is 7.20. The second-order valence-electron chi connectivity index (χ2n) is 6.97. The summed E-state index contributed by atoms with van der Waals surface area (Å²) in [5.74, 6) is 0.178. The van der Waals surface area contributed by atoms with E-state index in [-0.39, 0.29) is 30.4 Å². The number of rotatable bonds is 5. The second-order valence-corrected chi connectivity index (χ2v) is 6.97. The lowest BCUT2D eigenvalue weighted by Gasteiger charge is -2.39. The quantitative estimate of drug-likeness (QED) is 0.771. The molecular weight excluding hydrogens is 295 g/mol. The monoisotopic (exact) mass is 321 g/mol. The zero-order chi connectivity index (χ0) is 16.3. The van der Waals surface area contributed by atoms with Crippen molar-refractivity contribution in [3.63, 3.8) is 0 Å². The van der Waals surface area contributed by atoms with Crippen LogP contribution in [0.5, 0.6) is 0 Å². The fourth-order valence-corrected chi connectivity index (χ4v) is 3.23. The molecule has 2 rings (SSSR count). The van der Waals surface area contributed by atoms with E-state index in [1.807, 2.05) is 0 Å². The highest BCUT2D eigenvalue weighted by atomic mass is 19.4. The molecule has 0 unspecified atom stereocenters. The number of halogens is 3. The Hall–Kier alpha value is -0.780. The van der Waals surface area contributed by atoms with Crippen LogP contribution in [-0.2, 0) is 9.53 Å². The first-order valence-electron chi connectivity index (χ1n) is 8.24. The lowest BCUT2D eigenvalue weighted by Crippen LogP contribution is -2.49. The zero-order valence-corrected chi connectivity index (χ0v) is 13.4. The largest absolute Gasteiger partial charge is 0.406 e. The summed E-state index contributed by atoms with van der Waals surface area (Å²) in [6, 6.07) is -0.213. The Morgan fingerprint density at radius 1 is 1.27 bits per heavy atom. The molecule has 0 radical (unpaired) electrons. The molecule has 0 aromatic rings. The fraction of sp³-hybridized carbons (Fsp3) is 0.938. The third-order valence-electron chi connectivity index (χ3n) is 4.82. The maximum absolute atomic E-state index is 12.7. The highest BCUT2D eigenvalue weighted by Gasteiger charge is 2.39. The van der Waals surface area contributed by atoms with Crippen LogP contribution in [0.1, 0.15) is 52.4 Å². The summed E-state index contributed by atoms with van der Waals surface area (Å²) in [7, 11) is 0. The number of hydrogen-bond acceptors (Lipinski definition) is 2. The van der Waals surface area contributed by atoms with E-state index in [4.69, 9.17) is 4.74 Å². The van der Waals surface area contributed by atoms with Gasteiger partial charge >= 0.3 is 6.18 Å². The molecule has 22 heavy (non-hydrogen) atoms. The molecule has 1 aliphatic carbocycles. The fourth-order valence-electron chi connectivity index (χ4n) is 3.23. The van der Waals surface area contributed by atoms with E-state index >= 15 is 0 Å². The van der Waals surface area contributed by atoms with Gasteiger partial charge in [-0.15, -0.1) is 0 Å². The van der Waals surface area contributed by atoms with Crippen molar-refractivity contribution in [2.24, 2.45) is 11.8 Å². The van der Waals surface area contributed by atoms with Crippen molar-refractivity contribution in [3.05, 3.63) is 0 Å². The molecule has 6 heteroatoms. The molecule has 1 saturated carbocycles. The van der Waals surface area contributed by atoms with Gasteiger partial charge in [0.15, 0.2) is 0 Å². The molecule has 0 N–H and O–H groups in total. The molecule has 1 aliphatic heterocycles. The van der Waals surface area contributed by atoms with Crippen LogP contribution in [-0.4, -0.2) is 42.3 Å². The van der Waals surface area contributed by atoms with Gasteiger partial charge < -0.3 is 9.64 Å².